The van der Waals surface area contributed by atoms with E-state index in [1.54, 1.807) is 6.07 Å². The Balaban J connectivity index is 1.48. The highest BCUT2D eigenvalue weighted by atomic mass is 19.1. The van der Waals surface area contributed by atoms with E-state index in [1.807, 2.05) is 62.1 Å². The maximum absolute atomic E-state index is 14.2. The van der Waals surface area contributed by atoms with Crippen molar-refractivity contribution in [2.75, 3.05) is 31.8 Å². The molecule has 3 atom stereocenters. The van der Waals surface area contributed by atoms with Crippen LogP contribution in [0.4, 0.5) is 10.1 Å². The van der Waals surface area contributed by atoms with Crippen LogP contribution >= 0.6 is 0 Å². The van der Waals surface area contributed by atoms with Crippen molar-refractivity contribution in [1.82, 2.24) is 4.90 Å². The standard InChI is InChI=1S/C32H35FN2O6/c1-4-19-13-23(33)14-20(5-2)30(19)34-28(36)17-35-16-25(22-9-12-26-27(15-22)41-18-40-26)29(32(37)38)31(35)21-7-10-24(11-8-21)39-6-3/h7-15,25,29,31H,4-6,16-18H2,1-3H3,(H,34,36)(H,37,38)/t25-,29?,31+/m1/s1. The molecule has 3 aromatic rings. The number of carbonyl (C=O) groups is 2. The van der Waals surface area contributed by atoms with Crippen LogP contribution in [0.3, 0.4) is 0 Å². The number of carboxylic acid groups (broad SMARTS) is 1. The molecule has 1 fully saturated rings. The minimum atomic E-state index is -0.950. The number of nitrogens with one attached hydrogen (secondary N) is 1. The quantitative estimate of drug-likeness (QED) is 0.334. The van der Waals surface area contributed by atoms with Gasteiger partial charge in [-0.3, -0.25) is 14.5 Å². The van der Waals surface area contributed by atoms with Gasteiger partial charge in [0, 0.05) is 24.2 Å². The summed E-state index contributed by atoms with van der Waals surface area (Å²) in [4.78, 5) is 28.3. The minimum absolute atomic E-state index is 0.0353. The zero-order valence-corrected chi connectivity index (χ0v) is 23.5. The van der Waals surface area contributed by atoms with Crippen LogP contribution in [0.15, 0.2) is 54.6 Å². The molecule has 2 aliphatic rings. The summed E-state index contributed by atoms with van der Waals surface area (Å²) in [6.45, 7) is 6.67. The van der Waals surface area contributed by atoms with E-state index in [-0.39, 0.29) is 25.1 Å². The molecule has 2 heterocycles. The molecule has 3 aromatic carbocycles. The average Bonchev–Trinajstić information content (AvgIpc) is 3.58. The number of halogens is 1. The van der Waals surface area contributed by atoms with Crippen molar-refractivity contribution < 1.29 is 33.3 Å². The van der Waals surface area contributed by atoms with E-state index in [9.17, 15) is 19.1 Å². The highest BCUT2D eigenvalue weighted by Crippen LogP contribution is 2.47. The maximum atomic E-state index is 14.2. The number of amides is 1. The molecule has 9 heteroatoms. The van der Waals surface area contributed by atoms with Gasteiger partial charge >= 0.3 is 5.97 Å². The summed E-state index contributed by atoms with van der Waals surface area (Å²) in [5.74, 6) is -0.913. The summed E-state index contributed by atoms with van der Waals surface area (Å²) >= 11 is 0. The van der Waals surface area contributed by atoms with Gasteiger partial charge in [-0.2, -0.15) is 0 Å². The highest BCUT2D eigenvalue weighted by molar-refractivity contribution is 5.94. The Kier molecular flexibility index (Phi) is 8.44. The number of rotatable bonds is 10. The van der Waals surface area contributed by atoms with Gasteiger partial charge in [-0.25, -0.2) is 4.39 Å². The second-order valence-electron chi connectivity index (χ2n) is 10.3. The lowest BCUT2D eigenvalue weighted by atomic mass is 9.82. The summed E-state index contributed by atoms with van der Waals surface area (Å²) in [7, 11) is 0. The van der Waals surface area contributed by atoms with Crippen molar-refractivity contribution in [1.29, 1.82) is 0 Å². The second kappa shape index (κ2) is 12.2. The fourth-order valence-electron chi connectivity index (χ4n) is 6.01. The number of aryl methyl sites for hydroxylation is 2. The van der Waals surface area contributed by atoms with Crippen molar-refractivity contribution in [2.45, 2.75) is 45.6 Å². The lowest BCUT2D eigenvalue weighted by molar-refractivity contribution is -0.143. The van der Waals surface area contributed by atoms with Crippen LogP contribution in [0.1, 0.15) is 55.0 Å². The molecule has 41 heavy (non-hydrogen) atoms. The Morgan fingerprint density at radius 2 is 1.63 bits per heavy atom. The number of fused-ring (bicyclic) bond motifs is 1. The first-order chi connectivity index (χ1) is 19.8. The number of hydrogen-bond acceptors (Lipinski definition) is 6. The van der Waals surface area contributed by atoms with E-state index in [2.05, 4.69) is 5.32 Å². The predicted octanol–water partition coefficient (Wildman–Crippen LogP) is 5.56. The molecule has 0 aromatic heterocycles. The van der Waals surface area contributed by atoms with E-state index in [1.165, 1.54) is 12.1 Å². The average molecular weight is 563 g/mol. The van der Waals surface area contributed by atoms with Crippen molar-refractivity contribution in [2.24, 2.45) is 5.92 Å². The zero-order chi connectivity index (χ0) is 29.1. The molecule has 216 valence electrons. The van der Waals surface area contributed by atoms with Crippen molar-refractivity contribution in [3.63, 3.8) is 0 Å². The summed E-state index contributed by atoms with van der Waals surface area (Å²) in [6, 6.07) is 15.2. The molecule has 0 saturated carbocycles. The van der Waals surface area contributed by atoms with E-state index < -0.39 is 23.8 Å². The molecular weight excluding hydrogens is 527 g/mol. The smallest absolute Gasteiger partial charge is 0.309 e. The van der Waals surface area contributed by atoms with Crippen LogP contribution in [0.2, 0.25) is 0 Å². The topological polar surface area (TPSA) is 97.3 Å². The highest BCUT2D eigenvalue weighted by Gasteiger charge is 2.48. The Morgan fingerprint density at radius 1 is 0.976 bits per heavy atom. The van der Waals surface area contributed by atoms with Gasteiger partial charge in [-0.05, 0) is 78.4 Å². The third-order valence-corrected chi connectivity index (χ3v) is 7.88. The van der Waals surface area contributed by atoms with Crippen LogP contribution in [0.25, 0.3) is 0 Å². The van der Waals surface area contributed by atoms with E-state index >= 15 is 0 Å². The lowest BCUT2D eigenvalue weighted by Gasteiger charge is -2.27. The monoisotopic (exact) mass is 562 g/mol. The van der Waals surface area contributed by atoms with Gasteiger partial charge in [-0.15, -0.1) is 0 Å². The minimum Gasteiger partial charge on any atom is -0.494 e. The molecule has 8 nitrogen and oxygen atoms in total. The van der Waals surface area contributed by atoms with Gasteiger partial charge < -0.3 is 24.6 Å². The second-order valence-corrected chi connectivity index (χ2v) is 10.3. The number of ether oxygens (including phenoxy) is 3. The summed E-state index contributed by atoms with van der Waals surface area (Å²) < 4.78 is 30.8. The predicted molar refractivity (Wildman–Crippen MR) is 152 cm³/mol. The van der Waals surface area contributed by atoms with Crippen LogP contribution in [-0.4, -0.2) is 48.4 Å². The lowest BCUT2D eigenvalue weighted by Crippen LogP contribution is -2.35. The van der Waals surface area contributed by atoms with Gasteiger partial charge in [-0.1, -0.05) is 32.0 Å². The molecular formula is C32H35FN2O6. The van der Waals surface area contributed by atoms with Crippen LogP contribution in [0, 0.1) is 11.7 Å². The first kappa shape index (κ1) is 28.4. The number of likely N-dealkylation sites (tertiary alicyclic amines) is 1. The van der Waals surface area contributed by atoms with Gasteiger partial charge in [0.1, 0.15) is 11.6 Å². The van der Waals surface area contributed by atoms with Crippen LogP contribution in [-0.2, 0) is 22.4 Å². The van der Waals surface area contributed by atoms with Crippen molar-refractivity contribution in [3.8, 4) is 17.2 Å². The van der Waals surface area contributed by atoms with Gasteiger partial charge in [0.15, 0.2) is 11.5 Å². The first-order valence-electron chi connectivity index (χ1n) is 14.0. The maximum Gasteiger partial charge on any atom is 0.309 e. The largest absolute Gasteiger partial charge is 0.494 e. The first-order valence-corrected chi connectivity index (χ1v) is 14.0. The van der Waals surface area contributed by atoms with Crippen molar-refractivity contribution >= 4 is 17.6 Å². The van der Waals surface area contributed by atoms with E-state index in [0.717, 1.165) is 22.3 Å². The third-order valence-electron chi connectivity index (χ3n) is 7.88. The Morgan fingerprint density at radius 3 is 2.27 bits per heavy atom. The van der Waals surface area contributed by atoms with Crippen molar-refractivity contribution in [3.05, 3.63) is 82.7 Å². The summed E-state index contributed by atoms with van der Waals surface area (Å²) in [5.41, 5.74) is 3.66. The SMILES string of the molecule is CCOc1ccc([C@H]2C(C(=O)O)[C@@H](c3ccc4c(c3)OCO4)CN2CC(=O)Nc2c(CC)cc(F)cc2CC)cc1. The van der Waals surface area contributed by atoms with Gasteiger partial charge in [0.05, 0.1) is 19.1 Å². The fraction of sp³-hybridized carbons (Fsp3) is 0.375. The Hall–Kier alpha value is -4.11. The molecule has 0 aliphatic carbocycles. The van der Waals surface area contributed by atoms with Gasteiger partial charge in [0.2, 0.25) is 12.7 Å². The number of benzene rings is 3. The van der Waals surface area contributed by atoms with E-state index in [4.69, 9.17) is 14.2 Å². The number of aliphatic carboxylic acids is 1. The normalized spacial score (nSPS) is 19.8. The van der Waals surface area contributed by atoms with Gasteiger partial charge in [0.25, 0.3) is 0 Å². The molecule has 1 saturated heterocycles. The molecule has 0 bridgehead atoms. The Labute approximate surface area is 239 Å². The number of nitrogens with zero attached hydrogens (tertiary/aromatic N) is 1. The fourth-order valence-corrected chi connectivity index (χ4v) is 6.01. The molecule has 2 aliphatic heterocycles. The summed E-state index contributed by atoms with van der Waals surface area (Å²) in [5, 5.41) is 13.5. The molecule has 2 N–H and O–H groups in total. The number of hydrogen-bond donors (Lipinski definition) is 2. The molecule has 0 radical (unpaired) electrons. The molecule has 1 unspecified atom stereocenters. The molecule has 5 rings (SSSR count). The molecule has 0 spiro atoms. The number of carboxylic acids is 1. The van der Waals surface area contributed by atoms with Crippen LogP contribution in [0.5, 0.6) is 17.2 Å². The number of carbonyl (C=O) groups excluding carboxylic acids is 1. The summed E-state index contributed by atoms with van der Waals surface area (Å²) in [6.07, 6.45) is 1.12. The Bertz CT molecular complexity index is 1400. The zero-order valence-electron chi connectivity index (χ0n) is 23.5. The molecule has 1 amide bonds. The van der Waals surface area contributed by atoms with E-state index in [0.29, 0.717) is 48.9 Å². The van der Waals surface area contributed by atoms with Crippen LogP contribution < -0.4 is 19.5 Å². The third kappa shape index (κ3) is 5.86. The number of anilines is 1.